The molecule has 0 radical (unpaired) electrons. The number of carbonyl (C=O) groups excluding carboxylic acids is 1. The number of esters is 1. The summed E-state index contributed by atoms with van der Waals surface area (Å²) in [5.74, 6) is -0.486. The van der Waals surface area contributed by atoms with Gasteiger partial charge in [-0.15, -0.1) is 0 Å². The number of carbonyl (C=O) groups is 1. The quantitative estimate of drug-likeness (QED) is 0.537. The van der Waals surface area contributed by atoms with E-state index in [0.717, 1.165) is 0 Å². The molecular formula is C10H16O4. The maximum atomic E-state index is 11.3. The van der Waals surface area contributed by atoms with Gasteiger partial charge >= 0.3 is 5.97 Å². The number of ether oxygens (including phenoxy) is 1. The van der Waals surface area contributed by atoms with Crippen molar-refractivity contribution in [1.29, 1.82) is 0 Å². The van der Waals surface area contributed by atoms with Crippen LogP contribution in [0.25, 0.3) is 0 Å². The molecule has 1 saturated carbocycles. The van der Waals surface area contributed by atoms with Crippen LogP contribution in [-0.4, -0.2) is 34.5 Å². The van der Waals surface area contributed by atoms with Crippen molar-refractivity contribution in [2.45, 2.75) is 32.0 Å². The van der Waals surface area contributed by atoms with E-state index in [1.807, 2.05) is 0 Å². The molecule has 1 heterocycles. The van der Waals surface area contributed by atoms with Crippen LogP contribution in [0.4, 0.5) is 0 Å². The van der Waals surface area contributed by atoms with Crippen LogP contribution in [0.3, 0.4) is 0 Å². The molecule has 0 aromatic rings. The summed E-state index contributed by atoms with van der Waals surface area (Å²) in [6, 6.07) is 0. The molecule has 2 unspecified atom stereocenters. The molecule has 1 saturated heterocycles. The van der Waals surface area contributed by atoms with E-state index in [1.165, 1.54) is 0 Å². The molecule has 4 nitrogen and oxygen atoms in total. The number of cyclic esters (lactones) is 1. The van der Waals surface area contributed by atoms with E-state index in [2.05, 4.69) is 0 Å². The summed E-state index contributed by atoms with van der Waals surface area (Å²) in [6.45, 7) is 3.65. The highest BCUT2D eigenvalue weighted by Gasteiger charge is 2.55. The van der Waals surface area contributed by atoms with Gasteiger partial charge < -0.3 is 14.9 Å². The van der Waals surface area contributed by atoms with Gasteiger partial charge in [-0.05, 0) is 19.3 Å². The summed E-state index contributed by atoms with van der Waals surface area (Å²) in [4.78, 5) is 11.3. The Morgan fingerprint density at radius 3 is 2.86 bits per heavy atom. The third kappa shape index (κ3) is 1.17. The minimum Gasteiger partial charge on any atom is -0.465 e. The second-order valence-corrected chi connectivity index (χ2v) is 4.67. The van der Waals surface area contributed by atoms with Crippen molar-refractivity contribution in [2.24, 2.45) is 17.8 Å². The number of aliphatic hydroxyl groups excluding tert-OH is 1. The summed E-state index contributed by atoms with van der Waals surface area (Å²) < 4.78 is 4.98. The predicted octanol–water partition coefficient (Wildman–Crippen LogP) is -0.0727. The lowest BCUT2D eigenvalue weighted by molar-refractivity contribution is -0.166. The predicted molar refractivity (Wildman–Crippen MR) is 48.4 cm³/mol. The number of aliphatic hydroxyl groups is 2. The fraction of sp³-hybridized carbons (Fsp3) is 0.900. The molecular weight excluding hydrogens is 184 g/mol. The summed E-state index contributed by atoms with van der Waals surface area (Å²) in [5, 5.41) is 19.7. The van der Waals surface area contributed by atoms with Gasteiger partial charge in [-0.25, -0.2) is 0 Å². The second kappa shape index (κ2) is 2.94. The molecule has 2 rings (SSSR count). The normalized spacial score (nSPS) is 52.7. The lowest BCUT2D eigenvalue weighted by Gasteiger charge is -2.35. The van der Waals surface area contributed by atoms with E-state index in [9.17, 15) is 15.0 Å². The first kappa shape index (κ1) is 9.93. The smallest absolute Gasteiger partial charge is 0.308 e. The van der Waals surface area contributed by atoms with Gasteiger partial charge in [0, 0.05) is 5.92 Å². The summed E-state index contributed by atoms with van der Waals surface area (Å²) in [7, 11) is 0. The molecule has 1 aliphatic carbocycles. The van der Waals surface area contributed by atoms with Crippen LogP contribution in [0.1, 0.15) is 20.3 Å². The molecule has 4 heteroatoms. The average molecular weight is 200 g/mol. The molecule has 2 N–H and O–H groups in total. The van der Waals surface area contributed by atoms with Crippen LogP contribution in [0.5, 0.6) is 0 Å². The molecule has 2 aliphatic rings. The van der Waals surface area contributed by atoms with Crippen LogP contribution < -0.4 is 0 Å². The van der Waals surface area contributed by atoms with Crippen LogP contribution in [0, 0.1) is 17.8 Å². The standard InChI is InChI=1S/C10H16O4/c1-5-6-3-8(11)10(2,13)7(6)4-14-9(5)12/h5-8,11,13H,3-4H2,1-2H3/t5-,6?,7?,8+,10+/m1/s1. The summed E-state index contributed by atoms with van der Waals surface area (Å²) >= 11 is 0. The van der Waals surface area contributed by atoms with E-state index in [-0.39, 0.29) is 30.3 Å². The van der Waals surface area contributed by atoms with E-state index < -0.39 is 11.7 Å². The lowest BCUT2D eigenvalue weighted by Crippen LogP contribution is -2.46. The number of hydrogen-bond donors (Lipinski definition) is 2. The molecule has 80 valence electrons. The molecule has 2 fully saturated rings. The molecule has 0 amide bonds. The third-order valence-corrected chi connectivity index (χ3v) is 3.86. The molecule has 1 aliphatic heterocycles. The van der Waals surface area contributed by atoms with Crippen molar-refractivity contribution in [3.05, 3.63) is 0 Å². The molecule has 14 heavy (non-hydrogen) atoms. The Morgan fingerprint density at radius 2 is 2.21 bits per heavy atom. The van der Waals surface area contributed by atoms with Gasteiger partial charge in [0.05, 0.1) is 24.2 Å². The number of hydrogen-bond acceptors (Lipinski definition) is 4. The van der Waals surface area contributed by atoms with Crippen molar-refractivity contribution in [1.82, 2.24) is 0 Å². The molecule has 0 aromatic carbocycles. The van der Waals surface area contributed by atoms with Crippen molar-refractivity contribution in [2.75, 3.05) is 6.61 Å². The Hall–Kier alpha value is -0.610. The highest BCUT2D eigenvalue weighted by Crippen LogP contribution is 2.46. The van der Waals surface area contributed by atoms with Crippen molar-refractivity contribution >= 4 is 5.97 Å². The average Bonchev–Trinajstić information content (AvgIpc) is 2.33. The van der Waals surface area contributed by atoms with Gasteiger partial charge in [0.2, 0.25) is 0 Å². The molecule has 0 spiro atoms. The fourth-order valence-corrected chi connectivity index (χ4v) is 2.66. The van der Waals surface area contributed by atoms with Crippen LogP contribution in [0.2, 0.25) is 0 Å². The van der Waals surface area contributed by atoms with Gasteiger partial charge in [0.25, 0.3) is 0 Å². The Labute approximate surface area is 82.9 Å². The van der Waals surface area contributed by atoms with Crippen molar-refractivity contribution in [3.63, 3.8) is 0 Å². The van der Waals surface area contributed by atoms with Crippen LogP contribution >= 0.6 is 0 Å². The monoisotopic (exact) mass is 200 g/mol. The van der Waals surface area contributed by atoms with Gasteiger partial charge in [-0.1, -0.05) is 6.92 Å². The second-order valence-electron chi connectivity index (χ2n) is 4.67. The Kier molecular flexibility index (Phi) is 2.08. The zero-order valence-electron chi connectivity index (χ0n) is 8.43. The Morgan fingerprint density at radius 1 is 1.57 bits per heavy atom. The van der Waals surface area contributed by atoms with Crippen LogP contribution in [-0.2, 0) is 9.53 Å². The first-order valence-electron chi connectivity index (χ1n) is 5.01. The molecule has 0 bridgehead atoms. The Bertz CT molecular complexity index is 261. The van der Waals surface area contributed by atoms with Gasteiger partial charge in [0.1, 0.15) is 0 Å². The fourth-order valence-electron chi connectivity index (χ4n) is 2.66. The van der Waals surface area contributed by atoms with Crippen molar-refractivity contribution in [3.8, 4) is 0 Å². The first-order chi connectivity index (χ1) is 6.44. The van der Waals surface area contributed by atoms with E-state index >= 15 is 0 Å². The zero-order chi connectivity index (χ0) is 10.5. The maximum absolute atomic E-state index is 11.3. The van der Waals surface area contributed by atoms with Gasteiger partial charge in [0.15, 0.2) is 0 Å². The minimum atomic E-state index is -1.11. The van der Waals surface area contributed by atoms with Gasteiger partial charge in [-0.3, -0.25) is 4.79 Å². The van der Waals surface area contributed by atoms with Crippen molar-refractivity contribution < 1.29 is 19.7 Å². The first-order valence-corrected chi connectivity index (χ1v) is 5.01. The molecule has 5 atom stereocenters. The highest BCUT2D eigenvalue weighted by molar-refractivity contribution is 5.73. The van der Waals surface area contributed by atoms with E-state index in [0.29, 0.717) is 6.42 Å². The van der Waals surface area contributed by atoms with Gasteiger partial charge in [-0.2, -0.15) is 0 Å². The summed E-state index contributed by atoms with van der Waals surface area (Å²) in [6.07, 6.45) is -0.247. The molecule has 0 aromatic heterocycles. The summed E-state index contributed by atoms with van der Waals surface area (Å²) in [5.41, 5.74) is -1.11. The largest absolute Gasteiger partial charge is 0.465 e. The zero-order valence-corrected chi connectivity index (χ0v) is 8.43. The van der Waals surface area contributed by atoms with E-state index in [1.54, 1.807) is 13.8 Å². The van der Waals surface area contributed by atoms with E-state index in [4.69, 9.17) is 4.74 Å². The number of rotatable bonds is 0. The highest BCUT2D eigenvalue weighted by atomic mass is 16.5. The lowest BCUT2D eigenvalue weighted by atomic mass is 9.79. The minimum absolute atomic E-state index is 0.0567. The number of fused-ring (bicyclic) bond motifs is 1. The SMILES string of the molecule is C[C@H]1C(=O)OCC2C1C[C@H](O)[C@@]2(C)O. The van der Waals surface area contributed by atoms with Crippen LogP contribution in [0.15, 0.2) is 0 Å². The Balaban J connectivity index is 2.25. The maximum Gasteiger partial charge on any atom is 0.308 e. The topological polar surface area (TPSA) is 66.8 Å². The third-order valence-electron chi connectivity index (χ3n) is 3.86.